The van der Waals surface area contributed by atoms with Crippen LogP contribution < -0.4 is 18.3 Å². The van der Waals surface area contributed by atoms with Gasteiger partial charge in [-0.25, -0.2) is 10.7 Å². The van der Waals surface area contributed by atoms with Crippen LogP contribution in [-0.4, -0.2) is 0 Å². The molecule has 1 aromatic carbocycles. The van der Waals surface area contributed by atoms with Gasteiger partial charge in [-0.05, 0) is 17.7 Å². The Labute approximate surface area is 76.7 Å². The predicted octanol–water partition coefficient (Wildman–Crippen LogP) is -1.98. The first-order valence-electron chi connectivity index (χ1n) is 2.94. The van der Waals surface area contributed by atoms with E-state index < -0.39 is 0 Å². The van der Waals surface area contributed by atoms with Crippen molar-refractivity contribution in [2.24, 2.45) is 0 Å². The summed E-state index contributed by atoms with van der Waals surface area (Å²) in [6.45, 7) is 0.539. The summed E-state index contributed by atoms with van der Waals surface area (Å²) in [7, 11) is 0. The third-order valence-electron chi connectivity index (χ3n) is 1.18. The minimum Gasteiger partial charge on any atom is -1.00 e. The average Bonchev–Trinajstić information content (AvgIpc) is 1.95. The summed E-state index contributed by atoms with van der Waals surface area (Å²) in [6.07, 6.45) is 0. The Morgan fingerprint density at radius 1 is 1.27 bits per heavy atom. The van der Waals surface area contributed by atoms with Crippen LogP contribution in [0.4, 0.5) is 0 Å². The second-order valence-electron chi connectivity index (χ2n) is 1.97. The summed E-state index contributed by atoms with van der Waals surface area (Å²) in [5.41, 5.74) is 1.08. The van der Waals surface area contributed by atoms with Crippen LogP contribution >= 0.6 is 11.6 Å². The van der Waals surface area contributed by atoms with E-state index in [0.717, 1.165) is 10.6 Å². The van der Waals surface area contributed by atoms with Gasteiger partial charge >= 0.3 is 0 Å². The van der Waals surface area contributed by atoms with Crippen molar-refractivity contribution in [3.8, 4) is 0 Å². The molecule has 11 heavy (non-hydrogen) atoms. The van der Waals surface area contributed by atoms with E-state index in [9.17, 15) is 0 Å². The van der Waals surface area contributed by atoms with Crippen LogP contribution in [-0.2, 0) is 11.4 Å². The molecule has 0 bridgehead atoms. The van der Waals surface area contributed by atoms with Gasteiger partial charge in [-0.2, -0.15) is 0 Å². The van der Waals surface area contributed by atoms with Gasteiger partial charge in [-0.15, -0.1) is 0 Å². The molecule has 2 nitrogen and oxygen atoms in total. The lowest BCUT2D eigenvalue weighted by molar-refractivity contribution is -0.695. The molecule has 0 radical (unpaired) electrons. The molecular formula is C7H9Cl2NO. The van der Waals surface area contributed by atoms with Crippen molar-refractivity contribution in [3.05, 3.63) is 34.9 Å². The molecule has 0 amide bonds. The highest BCUT2D eigenvalue weighted by molar-refractivity contribution is 6.30. The monoisotopic (exact) mass is 193 g/mol. The Balaban J connectivity index is 0.000001000. The van der Waals surface area contributed by atoms with Crippen LogP contribution in [0.5, 0.6) is 0 Å². The van der Waals surface area contributed by atoms with Gasteiger partial charge in [0.05, 0.1) is 0 Å². The van der Waals surface area contributed by atoms with Gasteiger partial charge in [-0.1, -0.05) is 23.7 Å². The molecule has 0 heterocycles. The maximum Gasteiger partial charge on any atom is 0.131 e. The highest BCUT2D eigenvalue weighted by atomic mass is 35.5. The molecule has 0 unspecified atom stereocenters. The molecule has 0 spiro atoms. The fraction of sp³-hybridized carbons (Fsp3) is 0.143. The molecule has 62 valence electrons. The summed E-state index contributed by atoms with van der Waals surface area (Å²) in [5, 5.41) is 0.743. The number of halogens is 2. The Morgan fingerprint density at radius 3 is 2.27 bits per heavy atom. The first-order valence-corrected chi connectivity index (χ1v) is 3.32. The first kappa shape index (κ1) is 10.7. The molecule has 0 aliphatic carbocycles. The van der Waals surface area contributed by atoms with E-state index in [2.05, 4.69) is 10.7 Å². The highest BCUT2D eigenvalue weighted by Gasteiger charge is 1.91. The fourth-order valence-corrected chi connectivity index (χ4v) is 0.824. The van der Waals surface area contributed by atoms with Gasteiger partial charge in [0.15, 0.2) is 0 Å². The molecule has 3 N–H and O–H groups in total. The number of rotatable bonds is 2. The Bertz CT molecular complexity index is 200. The zero-order chi connectivity index (χ0) is 7.40. The van der Waals surface area contributed by atoms with Gasteiger partial charge in [0.1, 0.15) is 6.61 Å². The zero-order valence-electron chi connectivity index (χ0n) is 5.89. The highest BCUT2D eigenvalue weighted by Crippen LogP contribution is 2.09. The van der Waals surface area contributed by atoms with E-state index in [-0.39, 0.29) is 12.4 Å². The third-order valence-corrected chi connectivity index (χ3v) is 1.43. The SMILES string of the molecule is [Cl-].[NH3+]OCc1ccc(Cl)cc1. The second kappa shape index (κ2) is 5.38. The normalized spacial score (nSPS) is 8.91. The van der Waals surface area contributed by atoms with Crippen LogP contribution in [0.2, 0.25) is 5.02 Å². The molecule has 0 atom stereocenters. The lowest BCUT2D eigenvalue weighted by Gasteiger charge is -1.94. The van der Waals surface area contributed by atoms with Crippen LogP contribution in [0.3, 0.4) is 0 Å². The Hall–Kier alpha value is -0.280. The lowest BCUT2D eigenvalue weighted by atomic mass is 10.2. The molecule has 0 aliphatic heterocycles. The molecule has 0 aromatic heterocycles. The van der Waals surface area contributed by atoms with Crippen LogP contribution in [0.1, 0.15) is 5.56 Å². The largest absolute Gasteiger partial charge is 1.00 e. The summed E-state index contributed by atoms with van der Waals surface area (Å²) < 4.78 is 0. The quantitative estimate of drug-likeness (QED) is 0.544. The van der Waals surface area contributed by atoms with Gasteiger partial charge < -0.3 is 12.4 Å². The molecule has 0 fully saturated rings. The first-order chi connectivity index (χ1) is 4.83. The maximum absolute atomic E-state index is 5.66. The maximum atomic E-state index is 5.66. The molecule has 0 saturated heterocycles. The molecule has 4 heteroatoms. The summed E-state index contributed by atoms with van der Waals surface area (Å²) in [4.78, 5) is 4.67. The topological polar surface area (TPSA) is 36.9 Å². The molecule has 0 aliphatic rings. The number of hydrogen-bond donors (Lipinski definition) is 1. The Kier molecular flexibility index (Phi) is 5.24. The van der Waals surface area contributed by atoms with Crippen LogP contribution in [0, 0.1) is 0 Å². The van der Waals surface area contributed by atoms with E-state index in [1.165, 1.54) is 0 Å². The van der Waals surface area contributed by atoms with Crippen molar-refractivity contribution in [3.63, 3.8) is 0 Å². The van der Waals surface area contributed by atoms with E-state index in [1.54, 1.807) is 0 Å². The van der Waals surface area contributed by atoms with Crippen molar-refractivity contribution in [2.45, 2.75) is 6.61 Å². The van der Waals surface area contributed by atoms with Crippen molar-refractivity contribution >= 4 is 11.6 Å². The molecular weight excluding hydrogens is 185 g/mol. The number of hydrogen-bond acceptors (Lipinski definition) is 1. The van der Waals surface area contributed by atoms with Gasteiger partial charge in [-0.3, -0.25) is 0 Å². The van der Waals surface area contributed by atoms with Gasteiger partial charge in [0.2, 0.25) is 0 Å². The number of benzene rings is 1. The standard InChI is InChI=1S/C7H9ClNO.ClH/c8-7-3-1-6(2-4-7)5-10-9;/h1-4H,5H2,9H3;1H/q+1;/p-1. The van der Waals surface area contributed by atoms with Gasteiger partial charge in [0, 0.05) is 5.02 Å². The molecule has 1 rings (SSSR count). The molecule has 1 aromatic rings. The van der Waals surface area contributed by atoms with Crippen molar-refractivity contribution < 1.29 is 23.1 Å². The average molecular weight is 194 g/mol. The summed E-state index contributed by atoms with van der Waals surface area (Å²) >= 11 is 5.66. The number of quaternary nitrogens is 1. The Morgan fingerprint density at radius 2 is 1.82 bits per heavy atom. The van der Waals surface area contributed by atoms with E-state index >= 15 is 0 Å². The fourth-order valence-electron chi connectivity index (χ4n) is 0.698. The third kappa shape index (κ3) is 3.58. The van der Waals surface area contributed by atoms with Crippen molar-refractivity contribution in [1.82, 2.24) is 0 Å². The minimum absolute atomic E-state index is 0. The second-order valence-corrected chi connectivity index (χ2v) is 2.41. The van der Waals surface area contributed by atoms with E-state index in [1.807, 2.05) is 24.3 Å². The van der Waals surface area contributed by atoms with E-state index in [4.69, 9.17) is 11.6 Å². The summed E-state index contributed by atoms with van der Waals surface area (Å²) in [6, 6.07) is 7.48. The van der Waals surface area contributed by atoms with Crippen molar-refractivity contribution in [1.29, 1.82) is 0 Å². The zero-order valence-corrected chi connectivity index (χ0v) is 7.40. The van der Waals surface area contributed by atoms with Gasteiger partial charge in [0.25, 0.3) is 0 Å². The van der Waals surface area contributed by atoms with Crippen LogP contribution in [0.25, 0.3) is 0 Å². The summed E-state index contributed by atoms with van der Waals surface area (Å²) in [5.74, 6) is 3.27. The smallest absolute Gasteiger partial charge is 0.131 e. The predicted molar refractivity (Wildman–Crippen MR) is 39.1 cm³/mol. The minimum atomic E-state index is 0. The van der Waals surface area contributed by atoms with E-state index in [0.29, 0.717) is 6.61 Å². The van der Waals surface area contributed by atoms with Crippen molar-refractivity contribution in [2.75, 3.05) is 0 Å². The lowest BCUT2D eigenvalue weighted by Crippen LogP contribution is -3.00. The molecule has 0 saturated carbocycles. The van der Waals surface area contributed by atoms with Crippen LogP contribution in [0.15, 0.2) is 24.3 Å².